The maximum absolute atomic E-state index is 5.24. The highest BCUT2D eigenvalue weighted by atomic mass is 16.6. The number of aromatic nitrogens is 2. The number of benzene rings is 1. The molecule has 0 saturated carbocycles. The Labute approximate surface area is 76.9 Å². The lowest BCUT2D eigenvalue weighted by Gasteiger charge is -2.03. The Hall–Kier alpha value is -1.51. The smallest absolute Gasteiger partial charge is 0.145 e. The van der Waals surface area contributed by atoms with Gasteiger partial charge in [0.15, 0.2) is 0 Å². The van der Waals surface area contributed by atoms with Crippen molar-refractivity contribution in [3.8, 4) is 0 Å². The molecular weight excluding hydrogens is 164 g/mol. The van der Waals surface area contributed by atoms with Gasteiger partial charge in [0.2, 0.25) is 0 Å². The van der Waals surface area contributed by atoms with E-state index in [1.54, 1.807) is 11.8 Å². The van der Waals surface area contributed by atoms with E-state index < -0.39 is 0 Å². The number of aryl methyl sites for hydroxylation is 1. The van der Waals surface area contributed by atoms with Crippen LogP contribution in [0.15, 0.2) is 24.3 Å². The van der Waals surface area contributed by atoms with E-state index in [-0.39, 0.29) is 0 Å². The van der Waals surface area contributed by atoms with Gasteiger partial charge in [0.25, 0.3) is 0 Å². The van der Waals surface area contributed by atoms with Crippen LogP contribution in [-0.2, 0) is 6.42 Å². The zero-order valence-electron chi connectivity index (χ0n) is 7.82. The summed E-state index contributed by atoms with van der Waals surface area (Å²) in [6.45, 7) is 2.07. The van der Waals surface area contributed by atoms with Crippen molar-refractivity contribution in [2.75, 3.05) is 7.11 Å². The summed E-state index contributed by atoms with van der Waals surface area (Å²) < 4.78 is 1.77. The van der Waals surface area contributed by atoms with Gasteiger partial charge in [0.05, 0.1) is 5.52 Å². The van der Waals surface area contributed by atoms with Crippen molar-refractivity contribution < 1.29 is 4.84 Å². The van der Waals surface area contributed by atoms with Crippen LogP contribution in [0.1, 0.15) is 12.7 Å². The molecule has 1 heterocycles. The fourth-order valence-corrected chi connectivity index (χ4v) is 1.48. The lowest BCUT2D eigenvalue weighted by Crippen LogP contribution is -2.09. The quantitative estimate of drug-likeness (QED) is 0.695. The van der Waals surface area contributed by atoms with Gasteiger partial charge in [-0.3, -0.25) is 0 Å². The van der Waals surface area contributed by atoms with Crippen molar-refractivity contribution in [2.45, 2.75) is 13.3 Å². The molecule has 0 aliphatic carbocycles. The summed E-state index contributed by atoms with van der Waals surface area (Å²) >= 11 is 0. The number of nitrogens with zero attached hydrogens (tertiary/aromatic N) is 2. The molecule has 0 atom stereocenters. The van der Waals surface area contributed by atoms with E-state index in [2.05, 4.69) is 11.9 Å². The van der Waals surface area contributed by atoms with Crippen LogP contribution in [-0.4, -0.2) is 16.8 Å². The first kappa shape index (κ1) is 8.10. The molecule has 13 heavy (non-hydrogen) atoms. The highest BCUT2D eigenvalue weighted by molar-refractivity contribution is 5.75. The summed E-state index contributed by atoms with van der Waals surface area (Å²) in [4.78, 5) is 9.68. The lowest BCUT2D eigenvalue weighted by molar-refractivity contribution is 0.169. The highest BCUT2D eigenvalue weighted by Crippen LogP contribution is 2.14. The summed E-state index contributed by atoms with van der Waals surface area (Å²) in [5.41, 5.74) is 2.02. The minimum atomic E-state index is 0.877. The third kappa shape index (κ3) is 1.16. The lowest BCUT2D eigenvalue weighted by atomic mass is 10.3. The number of fused-ring (bicyclic) bond motifs is 1. The number of hydrogen-bond acceptors (Lipinski definition) is 2. The standard InChI is InChI=1S/C10H12N2O/c1-3-10-11-8-6-4-5-7-9(8)12(10)13-2/h4-7H,3H2,1-2H3. The molecule has 0 N–H and O–H groups in total. The molecule has 0 amide bonds. The molecule has 68 valence electrons. The van der Waals surface area contributed by atoms with Gasteiger partial charge in [-0.2, -0.15) is 4.73 Å². The largest absolute Gasteiger partial charge is 0.415 e. The van der Waals surface area contributed by atoms with Crippen molar-refractivity contribution in [2.24, 2.45) is 0 Å². The SMILES string of the molecule is CCc1nc2ccccc2n1OC. The molecular formula is C10H12N2O. The minimum Gasteiger partial charge on any atom is -0.415 e. The van der Waals surface area contributed by atoms with Crippen LogP contribution in [0.5, 0.6) is 0 Å². The van der Waals surface area contributed by atoms with Crippen molar-refractivity contribution in [3.05, 3.63) is 30.1 Å². The fourth-order valence-electron chi connectivity index (χ4n) is 1.48. The second kappa shape index (κ2) is 3.09. The van der Waals surface area contributed by atoms with Crippen molar-refractivity contribution in [3.63, 3.8) is 0 Å². The third-order valence-corrected chi connectivity index (χ3v) is 2.08. The van der Waals surface area contributed by atoms with E-state index >= 15 is 0 Å². The maximum atomic E-state index is 5.24. The van der Waals surface area contributed by atoms with Gasteiger partial charge in [-0.05, 0) is 12.1 Å². The van der Waals surface area contributed by atoms with E-state index in [9.17, 15) is 0 Å². The number of para-hydroxylation sites is 2. The number of hydrogen-bond donors (Lipinski definition) is 0. The predicted octanol–water partition coefficient (Wildman–Crippen LogP) is 1.66. The monoisotopic (exact) mass is 176 g/mol. The van der Waals surface area contributed by atoms with Crippen LogP contribution in [0.2, 0.25) is 0 Å². The summed E-state index contributed by atoms with van der Waals surface area (Å²) in [5.74, 6) is 0.962. The van der Waals surface area contributed by atoms with Gasteiger partial charge < -0.3 is 4.84 Å². The zero-order valence-corrected chi connectivity index (χ0v) is 7.82. The molecule has 0 fully saturated rings. The molecule has 0 aliphatic rings. The Morgan fingerprint density at radius 1 is 1.38 bits per heavy atom. The topological polar surface area (TPSA) is 27.1 Å². The molecule has 2 aromatic rings. The molecule has 0 spiro atoms. The molecule has 1 aromatic heterocycles. The molecule has 3 nitrogen and oxygen atoms in total. The second-order valence-corrected chi connectivity index (χ2v) is 2.85. The van der Waals surface area contributed by atoms with Crippen LogP contribution in [0.3, 0.4) is 0 Å². The maximum Gasteiger partial charge on any atom is 0.145 e. The molecule has 0 bridgehead atoms. The Morgan fingerprint density at radius 2 is 2.15 bits per heavy atom. The van der Waals surface area contributed by atoms with Gasteiger partial charge in [0, 0.05) is 6.42 Å². The van der Waals surface area contributed by atoms with E-state index in [0.717, 1.165) is 23.3 Å². The third-order valence-electron chi connectivity index (χ3n) is 2.08. The Bertz CT molecular complexity index is 420. The van der Waals surface area contributed by atoms with Crippen LogP contribution < -0.4 is 4.84 Å². The van der Waals surface area contributed by atoms with Gasteiger partial charge in [-0.15, -0.1) is 0 Å². The van der Waals surface area contributed by atoms with Gasteiger partial charge in [-0.25, -0.2) is 4.98 Å². The van der Waals surface area contributed by atoms with Crippen LogP contribution in [0.4, 0.5) is 0 Å². The fraction of sp³-hybridized carbons (Fsp3) is 0.300. The molecule has 3 heteroatoms. The minimum absolute atomic E-state index is 0.877. The first-order valence-electron chi connectivity index (χ1n) is 4.37. The van der Waals surface area contributed by atoms with Crippen molar-refractivity contribution in [1.82, 2.24) is 9.71 Å². The normalized spacial score (nSPS) is 10.6. The predicted molar refractivity (Wildman–Crippen MR) is 51.6 cm³/mol. The summed E-state index contributed by atoms with van der Waals surface area (Å²) in [6.07, 6.45) is 0.877. The average Bonchev–Trinajstić information content (AvgIpc) is 2.55. The van der Waals surface area contributed by atoms with E-state index in [1.165, 1.54) is 0 Å². The van der Waals surface area contributed by atoms with Gasteiger partial charge in [0.1, 0.15) is 18.5 Å². The summed E-state index contributed by atoms with van der Waals surface area (Å²) in [7, 11) is 1.66. The molecule has 0 saturated heterocycles. The molecule has 1 aromatic carbocycles. The van der Waals surface area contributed by atoms with E-state index in [1.807, 2.05) is 24.3 Å². The molecule has 0 unspecified atom stereocenters. The van der Waals surface area contributed by atoms with E-state index in [0.29, 0.717) is 0 Å². The van der Waals surface area contributed by atoms with Gasteiger partial charge >= 0.3 is 0 Å². The Balaban J connectivity index is 2.73. The Morgan fingerprint density at radius 3 is 2.85 bits per heavy atom. The summed E-state index contributed by atoms with van der Waals surface area (Å²) in [6, 6.07) is 7.96. The van der Waals surface area contributed by atoms with Gasteiger partial charge in [-0.1, -0.05) is 19.1 Å². The number of imidazole rings is 1. The van der Waals surface area contributed by atoms with Crippen LogP contribution >= 0.6 is 0 Å². The number of rotatable bonds is 2. The first-order valence-corrected chi connectivity index (χ1v) is 4.37. The second-order valence-electron chi connectivity index (χ2n) is 2.85. The van der Waals surface area contributed by atoms with Crippen LogP contribution in [0.25, 0.3) is 11.0 Å². The van der Waals surface area contributed by atoms with Crippen molar-refractivity contribution in [1.29, 1.82) is 0 Å². The van der Waals surface area contributed by atoms with E-state index in [4.69, 9.17) is 4.84 Å². The zero-order chi connectivity index (χ0) is 9.26. The van der Waals surface area contributed by atoms with Crippen LogP contribution in [0, 0.1) is 0 Å². The molecule has 0 radical (unpaired) electrons. The Kier molecular flexibility index (Phi) is 1.93. The molecule has 0 aliphatic heterocycles. The first-order chi connectivity index (χ1) is 6.36. The van der Waals surface area contributed by atoms with Crippen molar-refractivity contribution >= 4 is 11.0 Å². The summed E-state index contributed by atoms with van der Waals surface area (Å²) in [5, 5.41) is 0. The average molecular weight is 176 g/mol. The molecule has 2 rings (SSSR count). The highest BCUT2D eigenvalue weighted by Gasteiger charge is 2.07.